The van der Waals surface area contributed by atoms with Crippen molar-refractivity contribution in [3.05, 3.63) is 59.7 Å². The average molecular weight is 537 g/mol. The van der Waals surface area contributed by atoms with E-state index in [0.717, 1.165) is 12.1 Å². The van der Waals surface area contributed by atoms with Crippen molar-refractivity contribution in [2.24, 2.45) is 0 Å². The molecule has 1 unspecified atom stereocenters. The molecule has 0 spiro atoms. The summed E-state index contributed by atoms with van der Waals surface area (Å²) in [6.07, 6.45) is -0.499. The zero-order valence-electron chi connectivity index (χ0n) is 16.7. The van der Waals surface area contributed by atoms with Gasteiger partial charge in [0.1, 0.15) is 21.6 Å². The summed E-state index contributed by atoms with van der Waals surface area (Å²) < 4.78 is 75.2. The van der Waals surface area contributed by atoms with E-state index in [1.807, 2.05) is 0 Å². The van der Waals surface area contributed by atoms with Gasteiger partial charge >= 0.3 is 154 Å². The van der Waals surface area contributed by atoms with Gasteiger partial charge in [-0.15, -0.1) is 0 Å². The first-order valence-electron chi connectivity index (χ1n) is 7.65. The largest absolute Gasteiger partial charge is 1.00 e. The molecule has 7 nitrogen and oxygen atoms in total. The van der Waals surface area contributed by atoms with E-state index < -0.39 is 40.8 Å². The molecular weight excluding hydrogens is 523 g/mol. The minimum absolute atomic E-state index is 0. The van der Waals surface area contributed by atoms with Crippen molar-refractivity contribution in [2.75, 3.05) is 0 Å². The Morgan fingerprint density at radius 1 is 0.967 bits per heavy atom. The van der Waals surface area contributed by atoms with E-state index in [4.69, 9.17) is 4.74 Å². The second-order valence-electron chi connectivity index (χ2n) is 5.70. The van der Waals surface area contributed by atoms with Crippen LogP contribution in [0.5, 0.6) is 11.5 Å². The summed E-state index contributed by atoms with van der Waals surface area (Å²) in [5.74, 6) is -1.76. The van der Waals surface area contributed by atoms with E-state index in [1.165, 1.54) is 12.1 Å². The van der Waals surface area contributed by atoms with Crippen LogP contribution < -0.4 is 169 Å². The molecular formula is C16H14F2K3O7PS. The van der Waals surface area contributed by atoms with Crippen molar-refractivity contribution >= 4 is 17.7 Å². The quantitative estimate of drug-likeness (QED) is 0.186. The SMILES string of the molecule is O=P([O-])([O-])C(CCCc1cccc(Oc2ccc(F)c(F)c2)c1)S(=O)(=O)[O-].[K+].[K+].[K+]. The minimum atomic E-state index is -5.57. The van der Waals surface area contributed by atoms with Crippen LogP contribution in [0.1, 0.15) is 18.4 Å². The van der Waals surface area contributed by atoms with Gasteiger partial charge < -0.3 is 23.6 Å². The maximum absolute atomic E-state index is 13.2. The summed E-state index contributed by atoms with van der Waals surface area (Å²) in [7, 11) is -10.8. The van der Waals surface area contributed by atoms with Gasteiger partial charge in [0.05, 0.1) is 4.99 Å². The Labute approximate surface area is 301 Å². The van der Waals surface area contributed by atoms with E-state index in [-0.39, 0.29) is 178 Å². The molecule has 0 N–H and O–H groups in total. The molecule has 14 heteroatoms. The first-order chi connectivity index (χ1) is 12.5. The van der Waals surface area contributed by atoms with Crippen LogP contribution in [0.2, 0.25) is 0 Å². The van der Waals surface area contributed by atoms with Crippen LogP contribution in [-0.2, 0) is 21.1 Å². The third-order valence-corrected chi connectivity index (χ3v) is 7.04. The Morgan fingerprint density at radius 3 is 2.10 bits per heavy atom. The molecule has 2 aromatic carbocycles. The molecule has 0 aliphatic heterocycles. The van der Waals surface area contributed by atoms with Crippen LogP contribution in [0.3, 0.4) is 0 Å². The molecule has 1 atom stereocenters. The number of halogens is 2. The number of hydrogen-bond acceptors (Lipinski definition) is 7. The fraction of sp³-hybridized carbons (Fsp3) is 0.250. The van der Waals surface area contributed by atoms with Gasteiger partial charge in [0.25, 0.3) is 0 Å². The molecule has 0 amide bonds. The van der Waals surface area contributed by atoms with E-state index >= 15 is 0 Å². The van der Waals surface area contributed by atoms with Gasteiger partial charge in [0.15, 0.2) is 11.6 Å². The third-order valence-electron chi connectivity index (χ3n) is 3.63. The van der Waals surface area contributed by atoms with Crippen LogP contribution >= 0.6 is 7.60 Å². The smallest absolute Gasteiger partial charge is 0.810 e. The Kier molecular flexibility index (Phi) is 18.7. The zero-order chi connectivity index (χ0) is 20.2. The summed E-state index contributed by atoms with van der Waals surface area (Å²) >= 11 is 0. The standard InChI is InChI=1S/C16H17F2O7PS.3K/c17-14-8-7-13(10-15(14)18)25-12-5-1-3-11(9-12)4-2-6-16(26(19,20)21)27(22,23)24;;;/h1,3,5,7-10,16H,2,4,6H2,(H2,19,20,21)(H,22,23,24);;;/q;3*+1/p-3. The summed E-state index contributed by atoms with van der Waals surface area (Å²) in [5, 5.41) is 0. The van der Waals surface area contributed by atoms with Crippen LogP contribution in [-0.4, -0.2) is 18.0 Å². The van der Waals surface area contributed by atoms with Gasteiger partial charge in [-0.25, -0.2) is 17.2 Å². The molecule has 2 aromatic rings. The Morgan fingerprint density at radius 2 is 1.57 bits per heavy atom. The molecule has 0 saturated heterocycles. The van der Waals surface area contributed by atoms with Gasteiger partial charge in [-0.1, -0.05) is 19.7 Å². The molecule has 0 radical (unpaired) electrons. The van der Waals surface area contributed by atoms with E-state index in [1.54, 1.807) is 18.2 Å². The minimum Gasteiger partial charge on any atom is -0.810 e. The van der Waals surface area contributed by atoms with Crippen LogP contribution in [0.4, 0.5) is 8.78 Å². The molecule has 0 heterocycles. The Hall–Kier alpha value is 3.07. The van der Waals surface area contributed by atoms with Crippen LogP contribution in [0.15, 0.2) is 42.5 Å². The number of aryl methyl sites for hydroxylation is 1. The molecule has 0 bridgehead atoms. The summed E-state index contributed by atoms with van der Waals surface area (Å²) in [5.41, 5.74) is 0.601. The van der Waals surface area contributed by atoms with E-state index in [0.29, 0.717) is 5.56 Å². The molecule has 0 saturated carbocycles. The van der Waals surface area contributed by atoms with Crippen molar-refractivity contribution in [2.45, 2.75) is 24.3 Å². The molecule has 0 aromatic heterocycles. The molecule has 0 aliphatic rings. The number of ether oxygens (including phenoxy) is 1. The fourth-order valence-electron chi connectivity index (χ4n) is 2.38. The Balaban J connectivity index is 0. The van der Waals surface area contributed by atoms with Crippen molar-refractivity contribution in [3.8, 4) is 11.5 Å². The van der Waals surface area contributed by atoms with Gasteiger partial charge in [0.2, 0.25) is 0 Å². The second kappa shape index (κ2) is 15.9. The third kappa shape index (κ3) is 12.2. The summed E-state index contributed by atoms with van der Waals surface area (Å²) in [6, 6.07) is 9.28. The van der Waals surface area contributed by atoms with Gasteiger partial charge in [-0.05, 0) is 49.1 Å². The van der Waals surface area contributed by atoms with Gasteiger partial charge in [-0.2, -0.15) is 0 Å². The van der Waals surface area contributed by atoms with Crippen LogP contribution in [0, 0.1) is 11.6 Å². The Bertz CT molecular complexity index is 973. The monoisotopic (exact) mass is 536 g/mol. The van der Waals surface area contributed by atoms with Crippen molar-refractivity contribution in [3.63, 3.8) is 0 Å². The second-order valence-corrected chi connectivity index (χ2v) is 9.31. The normalized spacial score (nSPS) is 12.0. The maximum Gasteiger partial charge on any atom is 1.00 e. The topological polar surface area (TPSA) is 130 Å². The number of hydrogen-bond donors (Lipinski definition) is 0. The predicted molar refractivity (Wildman–Crippen MR) is 86.9 cm³/mol. The van der Waals surface area contributed by atoms with Crippen LogP contribution in [0.25, 0.3) is 0 Å². The van der Waals surface area contributed by atoms with Gasteiger partial charge in [0, 0.05) is 6.07 Å². The van der Waals surface area contributed by atoms with Crippen molar-refractivity contribution < 1.29 is 195 Å². The maximum atomic E-state index is 13.2. The zero-order valence-corrected chi connectivity index (χ0v) is 27.8. The predicted octanol–water partition coefficient (Wildman–Crippen LogP) is -7.12. The molecule has 0 fully saturated rings. The number of benzene rings is 2. The van der Waals surface area contributed by atoms with Crippen molar-refractivity contribution in [1.82, 2.24) is 0 Å². The molecule has 30 heavy (non-hydrogen) atoms. The molecule has 2 rings (SSSR count). The summed E-state index contributed by atoms with van der Waals surface area (Å²) in [6.45, 7) is 0. The van der Waals surface area contributed by atoms with Crippen molar-refractivity contribution in [1.29, 1.82) is 0 Å². The average Bonchev–Trinajstić information content (AvgIpc) is 2.53. The fourth-order valence-corrected chi connectivity index (χ4v) is 4.60. The van der Waals surface area contributed by atoms with Gasteiger partial charge in [-0.3, -0.25) is 0 Å². The van der Waals surface area contributed by atoms with E-state index in [2.05, 4.69) is 0 Å². The number of rotatable bonds is 8. The molecule has 148 valence electrons. The summed E-state index contributed by atoms with van der Waals surface area (Å²) in [4.78, 5) is 19.4. The van der Waals surface area contributed by atoms with E-state index in [9.17, 15) is 36.1 Å². The molecule has 0 aliphatic carbocycles. The first-order valence-corrected chi connectivity index (χ1v) is 10.7. The first kappa shape index (κ1) is 35.2.